The predicted molar refractivity (Wildman–Crippen MR) is 81.2 cm³/mol. The normalized spacial score (nSPS) is 11.3. The molecular formula is C15H12N4OS. The van der Waals surface area contributed by atoms with Crippen LogP contribution in [-0.4, -0.2) is 19.5 Å². The Labute approximate surface area is 124 Å². The third-order valence-corrected chi connectivity index (χ3v) is 4.31. The van der Waals surface area contributed by atoms with Crippen molar-refractivity contribution in [3.05, 3.63) is 52.9 Å². The number of furan rings is 1. The summed E-state index contributed by atoms with van der Waals surface area (Å²) in [5, 5.41) is 2.15. The molecule has 5 nitrogen and oxygen atoms in total. The topological polar surface area (TPSA) is 56.7 Å². The van der Waals surface area contributed by atoms with Gasteiger partial charge in [-0.15, -0.1) is 11.3 Å². The number of hydrogen-bond acceptors (Lipinski definition) is 5. The van der Waals surface area contributed by atoms with Gasteiger partial charge >= 0.3 is 0 Å². The van der Waals surface area contributed by atoms with Crippen molar-refractivity contribution in [2.24, 2.45) is 0 Å². The monoisotopic (exact) mass is 296 g/mol. The van der Waals surface area contributed by atoms with E-state index < -0.39 is 0 Å². The van der Waals surface area contributed by atoms with E-state index in [-0.39, 0.29) is 0 Å². The highest BCUT2D eigenvalue weighted by atomic mass is 32.1. The Balaban J connectivity index is 1.80. The van der Waals surface area contributed by atoms with Gasteiger partial charge in [-0.3, -0.25) is 0 Å². The summed E-state index contributed by atoms with van der Waals surface area (Å²) in [6.07, 6.45) is 4.99. The zero-order valence-corrected chi connectivity index (χ0v) is 12.2. The number of rotatable bonds is 3. The molecule has 0 bridgehead atoms. The number of thiophene rings is 1. The first kappa shape index (κ1) is 12.3. The lowest BCUT2D eigenvalue weighted by molar-refractivity contribution is 0.580. The van der Waals surface area contributed by atoms with Gasteiger partial charge in [-0.1, -0.05) is 0 Å². The second kappa shape index (κ2) is 4.82. The Morgan fingerprint density at radius 1 is 1.29 bits per heavy atom. The fourth-order valence-electron chi connectivity index (χ4n) is 2.33. The van der Waals surface area contributed by atoms with Crippen molar-refractivity contribution in [2.45, 2.75) is 13.5 Å². The van der Waals surface area contributed by atoms with E-state index in [4.69, 9.17) is 4.42 Å². The molecule has 0 unspecified atom stereocenters. The van der Waals surface area contributed by atoms with E-state index in [0.29, 0.717) is 5.76 Å². The Morgan fingerprint density at radius 2 is 2.24 bits per heavy atom. The van der Waals surface area contributed by atoms with Crippen molar-refractivity contribution in [2.75, 3.05) is 0 Å². The molecule has 0 aliphatic heterocycles. The minimum Gasteiger partial charge on any atom is -0.463 e. The standard InChI is InChI=1S/C15H12N4OS/c1-10-5-11(21-7-10)6-19-9-18-14-13(12-3-2-4-20-12)16-8-17-15(14)19/h2-5,7-9H,6H2,1H3. The van der Waals surface area contributed by atoms with Crippen LogP contribution in [0.4, 0.5) is 0 Å². The molecule has 104 valence electrons. The summed E-state index contributed by atoms with van der Waals surface area (Å²) < 4.78 is 7.46. The molecule has 0 aliphatic carbocycles. The van der Waals surface area contributed by atoms with Crippen molar-refractivity contribution in [1.82, 2.24) is 19.5 Å². The number of nitrogens with zero attached hydrogens (tertiary/aromatic N) is 4. The Kier molecular flexibility index (Phi) is 2.82. The van der Waals surface area contributed by atoms with Crippen molar-refractivity contribution in [3.63, 3.8) is 0 Å². The molecule has 0 aromatic carbocycles. The molecule has 0 N–H and O–H groups in total. The zero-order chi connectivity index (χ0) is 14.2. The molecule has 0 radical (unpaired) electrons. The number of hydrogen-bond donors (Lipinski definition) is 0. The lowest BCUT2D eigenvalue weighted by Gasteiger charge is -2.02. The van der Waals surface area contributed by atoms with Crippen LogP contribution in [0.2, 0.25) is 0 Å². The summed E-state index contributed by atoms with van der Waals surface area (Å²) in [6.45, 7) is 2.87. The molecule has 4 heterocycles. The van der Waals surface area contributed by atoms with Crippen LogP contribution >= 0.6 is 11.3 Å². The van der Waals surface area contributed by atoms with Gasteiger partial charge in [0.05, 0.1) is 19.1 Å². The fraction of sp³-hybridized carbons (Fsp3) is 0.133. The van der Waals surface area contributed by atoms with Crippen LogP contribution in [0.15, 0.2) is 46.9 Å². The van der Waals surface area contributed by atoms with E-state index in [1.807, 2.05) is 16.7 Å². The molecule has 0 fully saturated rings. The van der Waals surface area contributed by atoms with Crippen LogP contribution in [0, 0.1) is 6.92 Å². The largest absolute Gasteiger partial charge is 0.463 e. The van der Waals surface area contributed by atoms with Gasteiger partial charge in [-0.05, 0) is 36.1 Å². The quantitative estimate of drug-likeness (QED) is 0.580. The van der Waals surface area contributed by atoms with Gasteiger partial charge < -0.3 is 8.98 Å². The third-order valence-electron chi connectivity index (χ3n) is 3.27. The number of aryl methyl sites for hydroxylation is 1. The molecule has 4 aromatic heterocycles. The Hall–Kier alpha value is -2.47. The number of fused-ring (bicyclic) bond motifs is 1. The van der Waals surface area contributed by atoms with E-state index in [0.717, 1.165) is 23.4 Å². The highest BCUT2D eigenvalue weighted by molar-refractivity contribution is 7.10. The van der Waals surface area contributed by atoms with Crippen LogP contribution < -0.4 is 0 Å². The molecule has 0 spiro atoms. The predicted octanol–water partition coefficient (Wildman–Crippen LogP) is 3.50. The van der Waals surface area contributed by atoms with Gasteiger partial charge in [-0.2, -0.15) is 0 Å². The number of aromatic nitrogens is 4. The molecule has 0 amide bonds. The lowest BCUT2D eigenvalue weighted by atomic mass is 10.3. The van der Waals surface area contributed by atoms with Gasteiger partial charge in [0.15, 0.2) is 11.4 Å². The summed E-state index contributed by atoms with van der Waals surface area (Å²) >= 11 is 1.75. The second-order valence-electron chi connectivity index (χ2n) is 4.83. The van der Waals surface area contributed by atoms with Gasteiger partial charge in [0.25, 0.3) is 0 Å². The van der Waals surface area contributed by atoms with Crippen LogP contribution in [0.3, 0.4) is 0 Å². The molecule has 0 aliphatic rings. The molecule has 6 heteroatoms. The summed E-state index contributed by atoms with van der Waals surface area (Å²) in [7, 11) is 0. The molecule has 0 atom stereocenters. The van der Waals surface area contributed by atoms with Crippen LogP contribution in [-0.2, 0) is 6.54 Å². The van der Waals surface area contributed by atoms with E-state index in [1.165, 1.54) is 10.4 Å². The molecule has 0 saturated carbocycles. The molecule has 4 rings (SSSR count). The van der Waals surface area contributed by atoms with Gasteiger partial charge in [0.2, 0.25) is 0 Å². The van der Waals surface area contributed by atoms with E-state index >= 15 is 0 Å². The first-order valence-corrected chi connectivity index (χ1v) is 7.43. The minimum absolute atomic E-state index is 0.708. The van der Waals surface area contributed by atoms with Crippen molar-refractivity contribution < 1.29 is 4.42 Å². The minimum atomic E-state index is 0.708. The van der Waals surface area contributed by atoms with Crippen LogP contribution in [0.5, 0.6) is 0 Å². The fourth-order valence-corrected chi connectivity index (χ4v) is 3.20. The zero-order valence-electron chi connectivity index (χ0n) is 11.4. The maximum Gasteiger partial charge on any atom is 0.164 e. The van der Waals surface area contributed by atoms with Crippen molar-refractivity contribution in [1.29, 1.82) is 0 Å². The highest BCUT2D eigenvalue weighted by Gasteiger charge is 2.13. The smallest absolute Gasteiger partial charge is 0.164 e. The highest BCUT2D eigenvalue weighted by Crippen LogP contribution is 2.25. The van der Waals surface area contributed by atoms with Gasteiger partial charge in [-0.25, -0.2) is 15.0 Å². The summed E-state index contributed by atoms with van der Waals surface area (Å²) in [4.78, 5) is 14.4. The Bertz CT molecular complexity index is 892. The molecule has 21 heavy (non-hydrogen) atoms. The lowest BCUT2D eigenvalue weighted by Crippen LogP contribution is -1.98. The Morgan fingerprint density at radius 3 is 3.00 bits per heavy atom. The first-order chi connectivity index (χ1) is 10.3. The average Bonchev–Trinajstić information content (AvgIpc) is 3.21. The second-order valence-corrected chi connectivity index (χ2v) is 5.83. The van der Waals surface area contributed by atoms with Crippen LogP contribution in [0.25, 0.3) is 22.6 Å². The molecule has 4 aromatic rings. The first-order valence-electron chi connectivity index (χ1n) is 6.55. The molecular weight excluding hydrogens is 284 g/mol. The van der Waals surface area contributed by atoms with Crippen molar-refractivity contribution >= 4 is 22.5 Å². The summed E-state index contributed by atoms with van der Waals surface area (Å²) in [6, 6.07) is 5.91. The maximum atomic E-state index is 5.42. The van der Waals surface area contributed by atoms with E-state index in [2.05, 4.69) is 33.3 Å². The van der Waals surface area contributed by atoms with Crippen molar-refractivity contribution in [3.8, 4) is 11.5 Å². The maximum absolute atomic E-state index is 5.42. The number of imidazole rings is 1. The summed E-state index contributed by atoms with van der Waals surface area (Å²) in [5.74, 6) is 0.708. The van der Waals surface area contributed by atoms with Gasteiger partial charge in [0, 0.05) is 4.88 Å². The molecule has 0 saturated heterocycles. The van der Waals surface area contributed by atoms with Crippen LogP contribution in [0.1, 0.15) is 10.4 Å². The van der Waals surface area contributed by atoms with E-state index in [1.54, 1.807) is 30.3 Å². The summed E-state index contributed by atoms with van der Waals surface area (Å²) in [5.41, 5.74) is 3.60. The SMILES string of the molecule is Cc1csc(Cn2cnc3c(-c4ccco4)ncnc32)c1. The average molecular weight is 296 g/mol. The van der Waals surface area contributed by atoms with Gasteiger partial charge in [0.1, 0.15) is 17.5 Å². The van der Waals surface area contributed by atoms with E-state index in [9.17, 15) is 0 Å². The third kappa shape index (κ3) is 2.13.